The van der Waals surface area contributed by atoms with Gasteiger partial charge < -0.3 is 24.8 Å². The second kappa shape index (κ2) is 8.65. The van der Waals surface area contributed by atoms with Gasteiger partial charge in [0.2, 0.25) is 0 Å². The number of hydrogen-bond donors (Lipinski definition) is 1. The second-order valence-electron chi connectivity index (χ2n) is 7.65. The number of amides is 2. The molecule has 154 valence electrons. The Hall–Kier alpha value is -2.87. The second-order valence-corrected chi connectivity index (χ2v) is 7.65. The van der Waals surface area contributed by atoms with Crippen LogP contribution in [0.15, 0.2) is 30.5 Å². The third-order valence-electron chi connectivity index (χ3n) is 5.37. The lowest BCUT2D eigenvalue weighted by molar-refractivity contribution is 0.122. The highest BCUT2D eigenvalue weighted by Crippen LogP contribution is 2.21. The lowest BCUT2D eigenvalue weighted by Gasteiger charge is -2.35. The zero-order valence-corrected chi connectivity index (χ0v) is 17.1. The fourth-order valence-electron chi connectivity index (χ4n) is 3.88. The number of nitrogens with one attached hydrogen (secondary N) is 1. The van der Waals surface area contributed by atoms with Crippen LogP contribution >= 0.6 is 0 Å². The van der Waals surface area contributed by atoms with E-state index in [0.717, 1.165) is 67.7 Å². The van der Waals surface area contributed by atoms with Crippen LogP contribution in [-0.2, 0) is 4.74 Å². The van der Waals surface area contributed by atoms with Crippen LogP contribution in [0.4, 0.5) is 22.0 Å². The van der Waals surface area contributed by atoms with Gasteiger partial charge >= 0.3 is 6.03 Å². The van der Waals surface area contributed by atoms with Crippen molar-refractivity contribution in [3.05, 3.63) is 41.6 Å². The first-order valence-corrected chi connectivity index (χ1v) is 10.1. The SMILES string of the molecule is Cc1cc(C)cc(NC(=O)N2CCN(c3cc(N4CCOCC4)cnn3)CC2)c1. The van der Waals surface area contributed by atoms with E-state index in [4.69, 9.17) is 4.74 Å². The van der Waals surface area contributed by atoms with Gasteiger partial charge in [0.15, 0.2) is 5.82 Å². The number of benzene rings is 1. The van der Waals surface area contributed by atoms with Crippen molar-refractivity contribution < 1.29 is 9.53 Å². The van der Waals surface area contributed by atoms with Gasteiger partial charge in [-0.05, 0) is 37.1 Å². The fourth-order valence-corrected chi connectivity index (χ4v) is 3.88. The third kappa shape index (κ3) is 4.76. The van der Waals surface area contributed by atoms with Crippen molar-refractivity contribution in [3.63, 3.8) is 0 Å². The maximum absolute atomic E-state index is 12.6. The quantitative estimate of drug-likeness (QED) is 0.858. The molecule has 0 bridgehead atoms. The van der Waals surface area contributed by atoms with Gasteiger partial charge in [-0.2, -0.15) is 5.10 Å². The Labute approximate surface area is 171 Å². The molecular formula is C21H28N6O2. The number of anilines is 3. The maximum atomic E-state index is 12.6. The Kier molecular flexibility index (Phi) is 5.80. The largest absolute Gasteiger partial charge is 0.378 e. The molecule has 4 rings (SSSR count). The predicted octanol–water partition coefficient (Wildman–Crippen LogP) is 2.28. The molecule has 2 saturated heterocycles. The first-order chi connectivity index (χ1) is 14.1. The Morgan fingerprint density at radius 2 is 1.62 bits per heavy atom. The number of nitrogens with zero attached hydrogens (tertiary/aromatic N) is 5. The molecular weight excluding hydrogens is 368 g/mol. The lowest BCUT2D eigenvalue weighted by atomic mass is 10.1. The first-order valence-electron chi connectivity index (χ1n) is 10.1. The van der Waals surface area contributed by atoms with Crippen LogP contribution in [-0.4, -0.2) is 73.6 Å². The van der Waals surface area contributed by atoms with Gasteiger partial charge in [0.25, 0.3) is 0 Å². The van der Waals surface area contributed by atoms with Crippen LogP contribution in [0.25, 0.3) is 0 Å². The summed E-state index contributed by atoms with van der Waals surface area (Å²) < 4.78 is 5.43. The molecule has 2 aliphatic rings. The Morgan fingerprint density at radius 3 is 2.31 bits per heavy atom. The minimum atomic E-state index is -0.0530. The fraction of sp³-hybridized carbons (Fsp3) is 0.476. The molecule has 1 N–H and O–H groups in total. The van der Waals surface area contributed by atoms with E-state index in [9.17, 15) is 4.79 Å². The number of ether oxygens (including phenoxy) is 1. The predicted molar refractivity (Wildman–Crippen MR) is 114 cm³/mol. The van der Waals surface area contributed by atoms with Crippen LogP contribution < -0.4 is 15.1 Å². The molecule has 1 aromatic heterocycles. The molecule has 2 aromatic rings. The van der Waals surface area contributed by atoms with E-state index >= 15 is 0 Å². The van der Waals surface area contributed by atoms with E-state index in [-0.39, 0.29) is 6.03 Å². The van der Waals surface area contributed by atoms with Gasteiger partial charge in [-0.25, -0.2) is 4.79 Å². The topological polar surface area (TPSA) is 73.8 Å². The van der Waals surface area contributed by atoms with Crippen LogP contribution in [0, 0.1) is 13.8 Å². The third-order valence-corrected chi connectivity index (χ3v) is 5.37. The summed E-state index contributed by atoms with van der Waals surface area (Å²) in [4.78, 5) is 19.0. The summed E-state index contributed by atoms with van der Waals surface area (Å²) in [7, 11) is 0. The zero-order chi connectivity index (χ0) is 20.2. The van der Waals surface area contributed by atoms with Crippen LogP contribution in [0.3, 0.4) is 0 Å². The maximum Gasteiger partial charge on any atom is 0.321 e. The highest BCUT2D eigenvalue weighted by molar-refractivity contribution is 5.89. The van der Waals surface area contributed by atoms with Crippen LogP contribution in [0.1, 0.15) is 11.1 Å². The molecule has 0 atom stereocenters. The summed E-state index contributed by atoms with van der Waals surface area (Å²) in [6.45, 7) is 10.1. The number of urea groups is 1. The van der Waals surface area contributed by atoms with E-state index < -0.39 is 0 Å². The Bertz CT molecular complexity index is 840. The number of hydrogen-bond acceptors (Lipinski definition) is 6. The van der Waals surface area contributed by atoms with E-state index in [1.807, 2.05) is 37.1 Å². The number of rotatable bonds is 3. The van der Waals surface area contributed by atoms with Gasteiger partial charge in [0.05, 0.1) is 25.1 Å². The van der Waals surface area contributed by atoms with E-state index in [1.165, 1.54) is 0 Å². The smallest absolute Gasteiger partial charge is 0.321 e. The molecule has 0 spiro atoms. The molecule has 2 aliphatic heterocycles. The number of carbonyl (C=O) groups excluding carboxylic acids is 1. The molecule has 29 heavy (non-hydrogen) atoms. The summed E-state index contributed by atoms with van der Waals surface area (Å²) in [6.07, 6.45) is 1.81. The zero-order valence-electron chi connectivity index (χ0n) is 17.1. The van der Waals surface area contributed by atoms with Crippen molar-refractivity contribution in [2.45, 2.75) is 13.8 Å². The van der Waals surface area contributed by atoms with Gasteiger partial charge in [-0.3, -0.25) is 0 Å². The van der Waals surface area contributed by atoms with Crippen LogP contribution in [0.5, 0.6) is 0 Å². The average molecular weight is 396 g/mol. The molecule has 0 unspecified atom stereocenters. The Balaban J connectivity index is 1.35. The lowest BCUT2D eigenvalue weighted by Crippen LogP contribution is -2.50. The first kappa shape index (κ1) is 19.4. The van der Waals surface area contributed by atoms with Gasteiger partial charge in [0.1, 0.15) is 0 Å². The minimum Gasteiger partial charge on any atom is -0.378 e. The molecule has 0 aliphatic carbocycles. The molecule has 2 fully saturated rings. The molecule has 8 heteroatoms. The Morgan fingerprint density at radius 1 is 0.931 bits per heavy atom. The van der Waals surface area contributed by atoms with Crippen molar-refractivity contribution in [2.24, 2.45) is 0 Å². The van der Waals surface area contributed by atoms with Crippen molar-refractivity contribution in [2.75, 3.05) is 67.6 Å². The number of carbonyl (C=O) groups is 1. The monoisotopic (exact) mass is 396 g/mol. The number of morpholine rings is 1. The summed E-state index contributed by atoms with van der Waals surface area (Å²) in [5.74, 6) is 0.864. The van der Waals surface area contributed by atoms with E-state index in [0.29, 0.717) is 13.1 Å². The molecule has 2 amide bonds. The number of piperazine rings is 1. The number of aromatic nitrogens is 2. The van der Waals surface area contributed by atoms with Crippen molar-refractivity contribution in [3.8, 4) is 0 Å². The molecule has 1 aromatic carbocycles. The minimum absolute atomic E-state index is 0.0530. The van der Waals surface area contributed by atoms with E-state index in [2.05, 4.69) is 37.4 Å². The van der Waals surface area contributed by atoms with Gasteiger partial charge in [-0.1, -0.05) is 6.07 Å². The molecule has 8 nitrogen and oxygen atoms in total. The molecule has 0 saturated carbocycles. The summed E-state index contributed by atoms with van der Waals surface area (Å²) >= 11 is 0. The van der Waals surface area contributed by atoms with Crippen molar-refractivity contribution in [1.29, 1.82) is 0 Å². The van der Waals surface area contributed by atoms with Crippen molar-refractivity contribution in [1.82, 2.24) is 15.1 Å². The molecule has 0 radical (unpaired) electrons. The number of aryl methyl sites for hydroxylation is 2. The van der Waals surface area contributed by atoms with Crippen molar-refractivity contribution >= 4 is 23.2 Å². The standard InChI is InChI=1S/C21H28N6O2/c1-16-11-17(2)13-18(12-16)23-21(28)27-5-3-26(4-6-27)20-14-19(15-22-24-20)25-7-9-29-10-8-25/h11-15H,3-10H2,1-2H3,(H,23,28). The van der Waals surface area contributed by atoms with Gasteiger partial charge in [-0.15, -0.1) is 5.10 Å². The highest BCUT2D eigenvalue weighted by atomic mass is 16.5. The van der Waals surface area contributed by atoms with Gasteiger partial charge in [0, 0.05) is 51.0 Å². The molecule has 3 heterocycles. The summed E-state index contributed by atoms with van der Waals surface area (Å²) in [5, 5.41) is 11.5. The highest BCUT2D eigenvalue weighted by Gasteiger charge is 2.23. The van der Waals surface area contributed by atoms with E-state index in [1.54, 1.807) is 0 Å². The summed E-state index contributed by atoms with van der Waals surface area (Å²) in [6, 6.07) is 8.12. The summed E-state index contributed by atoms with van der Waals surface area (Å²) in [5.41, 5.74) is 4.21. The average Bonchev–Trinajstić information content (AvgIpc) is 2.74. The normalized spacial score (nSPS) is 17.4. The van der Waals surface area contributed by atoms with Crippen LogP contribution in [0.2, 0.25) is 0 Å².